The fraction of sp³-hybridized carbons (Fsp3) is 0.400. The van der Waals surface area contributed by atoms with Crippen LogP contribution in [0.1, 0.15) is 24.8 Å². The van der Waals surface area contributed by atoms with Gasteiger partial charge in [0.15, 0.2) is 0 Å². The van der Waals surface area contributed by atoms with Crippen molar-refractivity contribution in [3.05, 3.63) is 31.7 Å². The summed E-state index contributed by atoms with van der Waals surface area (Å²) in [5, 5.41) is 1.76. The van der Waals surface area contributed by atoms with E-state index in [2.05, 4.69) is 0 Å². The van der Waals surface area contributed by atoms with Crippen LogP contribution in [0, 0.1) is 0 Å². The molecule has 0 spiro atoms. The highest BCUT2D eigenvalue weighted by atomic mass is 35.5. The van der Waals surface area contributed by atoms with Crippen molar-refractivity contribution in [3.8, 4) is 0 Å². The lowest BCUT2D eigenvalue weighted by Gasteiger charge is -2.16. The Morgan fingerprint density at radius 3 is 1.93 bits per heavy atom. The SMILES string of the molecule is CC(CCCl)c1c(Cl)c(Cl)cc(Cl)c1Cl. The number of benzene rings is 1. The van der Waals surface area contributed by atoms with E-state index in [1.807, 2.05) is 6.92 Å². The number of alkyl halides is 1. The van der Waals surface area contributed by atoms with E-state index in [1.54, 1.807) is 6.07 Å². The number of rotatable bonds is 3. The average Bonchev–Trinajstić information content (AvgIpc) is 2.16. The third-order valence-electron chi connectivity index (χ3n) is 2.18. The first-order valence-electron chi connectivity index (χ1n) is 4.37. The van der Waals surface area contributed by atoms with Crippen LogP contribution in [0.15, 0.2) is 6.07 Å². The minimum Gasteiger partial charge on any atom is -0.127 e. The van der Waals surface area contributed by atoms with Crippen LogP contribution in [0.2, 0.25) is 20.1 Å². The summed E-state index contributed by atoms with van der Waals surface area (Å²) in [6.45, 7) is 1.99. The summed E-state index contributed by atoms with van der Waals surface area (Å²) in [5.41, 5.74) is 0.775. The Morgan fingerprint density at radius 1 is 1.07 bits per heavy atom. The lowest BCUT2D eigenvalue weighted by molar-refractivity contribution is 0.739. The Morgan fingerprint density at radius 2 is 1.53 bits per heavy atom. The van der Waals surface area contributed by atoms with Gasteiger partial charge >= 0.3 is 0 Å². The van der Waals surface area contributed by atoms with Gasteiger partial charge in [0.25, 0.3) is 0 Å². The maximum absolute atomic E-state index is 6.08. The van der Waals surface area contributed by atoms with Gasteiger partial charge in [-0.1, -0.05) is 53.3 Å². The van der Waals surface area contributed by atoms with Gasteiger partial charge in [-0.25, -0.2) is 0 Å². The molecule has 0 aliphatic rings. The monoisotopic (exact) mass is 304 g/mol. The van der Waals surface area contributed by atoms with Gasteiger partial charge in [0.1, 0.15) is 0 Å². The molecule has 0 saturated carbocycles. The van der Waals surface area contributed by atoms with Gasteiger partial charge in [0, 0.05) is 5.88 Å². The van der Waals surface area contributed by atoms with Crippen LogP contribution in [0.5, 0.6) is 0 Å². The molecule has 84 valence electrons. The standard InChI is InChI=1S/C10H9Cl5/c1-5(2-3-11)8-9(14)6(12)4-7(13)10(8)15/h4-5H,2-3H2,1H3. The molecule has 1 aromatic carbocycles. The highest BCUT2D eigenvalue weighted by molar-refractivity contribution is 6.48. The van der Waals surface area contributed by atoms with E-state index in [4.69, 9.17) is 58.0 Å². The molecular weight excluding hydrogens is 297 g/mol. The molecule has 0 aliphatic heterocycles. The molecule has 1 unspecified atom stereocenters. The summed E-state index contributed by atoms with van der Waals surface area (Å²) >= 11 is 29.7. The van der Waals surface area contributed by atoms with Crippen LogP contribution >= 0.6 is 58.0 Å². The Bertz CT molecular complexity index is 335. The smallest absolute Gasteiger partial charge is 0.0642 e. The summed E-state index contributed by atoms with van der Waals surface area (Å²) in [6.07, 6.45) is 0.775. The van der Waals surface area contributed by atoms with Gasteiger partial charge in [-0.2, -0.15) is 0 Å². The predicted octanol–water partition coefficient (Wildman–Crippen LogP) is 6.03. The van der Waals surface area contributed by atoms with Crippen molar-refractivity contribution in [1.82, 2.24) is 0 Å². The molecule has 1 rings (SSSR count). The summed E-state index contributed by atoms with van der Waals surface area (Å²) in [4.78, 5) is 0. The number of hydrogen-bond acceptors (Lipinski definition) is 0. The molecule has 0 radical (unpaired) electrons. The third-order valence-corrected chi connectivity index (χ3v) is 4.00. The van der Waals surface area contributed by atoms with E-state index in [-0.39, 0.29) is 5.92 Å². The van der Waals surface area contributed by atoms with Gasteiger partial charge in [-0.05, 0) is 24.0 Å². The zero-order chi connectivity index (χ0) is 11.6. The Kier molecular flexibility index (Phi) is 5.35. The molecule has 0 heterocycles. The van der Waals surface area contributed by atoms with Crippen LogP contribution in [0.4, 0.5) is 0 Å². The summed E-state index contributed by atoms with van der Waals surface area (Å²) in [5.74, 6) is 0.677. The summed E-state index contributed by atoms with van der Waals surface area (Å²) in [6, 6.07) is 1.55. The highest BCUT2D eigenvalue weighted by Gasteiger charge is 2.18. The van der Waals surface area contributed by atoms with E-state index in [1.165, 1.54) is 0 Å². The minimum absolute atomic E-state index is 0.138. The van der Waals surface area contributed by atoms with Crippen molar-refractivity contribution in [1.29, 1.82) is 0 Å². The van der Waals surface area contributed by atoms with E-state index in [0.717, 1.165) is 12.0 Å². The summed E-state index contributed by atoms with van der Waals surface area (Å²) in [7, 11) is 0. The highest BCUT2D eigenvalue weighted by Crippen LogP contribution is 2.41. The van der Waals surface area contributed by atoms with E-state index < -0.39 is 0 Å². The topological polar surface area (TPSA) is 0 Å². The molecule has 0 aliphatic carbocycles. The maximum atomic E-state index is 6.08. The second-order valence-corrected chi connectivity index (χ2v) is 5.21. The fourth-order valence-corrected chi connectivity index (χ4v) is 2.86. The van der Waals surface area contributed by atoms with E-state index in [0.29, 0.717) is 26.0 Å². The van der Waals surface area contributed by atoms with Crippen molar-refractivity contribution in [2.45, 2.75) is 19.3 Å². The first-order valence-corrected chi connectivity index (χ1v) is 6.42. The molecule has 0 saturated heterocycles. The third kappa shape index (κ3) is 3.08. The van der Waals surface area contributed by atoms with Crippen molar-refractivity contribution >= 4 is 58.0 Å². The van der Waals surface area contributed by atoms with Crippen molar-refractivity contribution in [3.63, 3.8) is 0 Å². The molecule has 0 aromatic heterocycles. The van der Waals surface area contributed by atoms with Crippen molar-refractivity contribution < 1.29 is 0 Å². The normalized spacial score (nSPS) is 12.9. The molecule has 5 heteroatoms. The van der Waals surface area contributed by atoms with Crippen LogP contribution in [-0.4, -0.2) is 5.88 Å². The lowest BCUT2D eigenvalue weighted by Crippen LogP contribution is -1.98. The molecule has 0 N–H and O–H groups in total. The molecule has 15 heavy (non-hydrogen) atoms. The molecular formula is C10H9Cl5. The zero-order valence-corrected chi connectivity index (χ0v) is 11.7. The van der Waals surface area contributed by atoms with E-state index >= 15 is 0 Å². The Balaban J connectivity index is 3.26. The van der Waals surface area contributed by atoms with Gasteiger partial charge in [-0.15, -0.1) is 11.6 Å². The molecule has 0 bridgehead atoms. The van der Waals surface area contributed by atoms with Crippen molar-refractivity contribution in [2.24, 2.45) is 0 Å². The molecule has 0 amide bonds. The molecule has 1 aromatic rings. The Hall–Kier alpha value is 0.670. The zero-order valence-electron chi connectivity index (χ0n) is 7.96. The average molecular weight is 306 g/mol. The van der Waals surface area contributed by atoms with Gasteiger partial charge in [0.2, 0.25) is 0 Å². The van der Waals surface area contributed by atoms with Crippen LogP contribution in [-0.2, 0) is 0 Å². The molecule has 0 nitrogen and oxygen atoms in total. The minimum atomic E-state index is 0.138. The van der Waals surface area contributed by atoms with Gasteiger partial charge in [0.05, 0.1) is 20.1 Å². The molecule has 1 atom stereocenters. The van der Waals surface area contributed by atoms with Gasteiger partial charge in [-0.3, -0.25) is 0 Å². The lowest BCUT2D eigenvalue weighted by atomic mass is 9.98. The largest absolute Gasteiger partial charge is 0.127 e. The molecule has 0 fully saturated rings. The number of halogens is 5. The Labute approximate surface area is 114 Å². The van der Waals surface area contributed by atoms with Crippen LogP contribution in [0.3, 0.4) is 0 Å². The number of hydrogen-bond donors (Lipinski definition) is 0. The van der Waals surface area contributed by atoms with Crippen LogP contribution in [0.25, 0.3) is 0 Å². The first-order chi connectivity index (χ1) is 6.99. The summed E-state index contributed by atoms with van der Waals surface area (Å²) < 4.78 is 0. The quantitative estimate of drug-likeness (QED) is 0.472. The fourth-order valence-electron chi connectivity index (χ4n) is 1.33. The van der Waals surface area contributed by atoms with Crippen LogP contribution < -0.4 is 0 Å². The maximum Gasteiger partial charge on any atom is 0.0642 e. The van der Waals surface area contributed by atoms with E-state index in [9.17, 15) is 0 Å². The van der Waals surface area contributed by atoms with Crippen molar-refractivity contribution in [2.75, 3.05) is 5.88 Å². The second kappa shape index (κ2) is 5.84. The first kappa shape index (κ1) is 13.7. The van der Waals surface area contributed by atoms with Gasteiger partial charge < -0.3 is 0 Å². The predicted molar refractivity (Wildman–Crippen MR) is 70.2 cm³/mol. The second-order valence-electron chi connectivity index (χ2n) is 3.26.